The van der Waals surface area contributed by atoms with Gasteiger partial charge >= 0.3 is 0 Å². The Morgan fingerprint density at radius 1 is 0.824 bits per heavy atom. The Balaban J connectivity index is 5.74. The van der Waals surface area contributed by atoms with Crippen LogP contribution in [0.5, 0.6) is 0 Å². The van der Waals surface area contributed by atoms with Crippen molar-refractivity contribution in [1.29, 1.82) is 0 Å². The van der Waals surface area contributed by atoms with E-state index in [0.717, 1.165) is 4.91 Å². The van der Waals surface area contributed by atoms with E-state index in [1.807, 2.05) is 0 Å². The van der Waals surface area contributed by atoms with E-state index in [2.05, 4.69) is 65.6 Å². The lowest BCUT2D eigenvalue weighted by Crippen LogP contribution is -2.53. The third-order valence-electron chi connectivity index (χ3n) is 2.61. The fraction of sp³-hybridized carbons (Fsp3) is 1.00. The molecular weight excluding hydrogens is 297 g/mol. The first-order chi connectivity index (χ1) is 7.07. The standard InChI is InChI=1S/C11H31ClNPSi3/c1-14(12,13-17(8,9)10)11(15(2,3)4)16(5,6)7/h11H,1-10H3. The van der Waals surface area contributed by atoms with Gasteiger partial charge in [0.2, 0.25) is 0 Å². The summed E-state index contributed by atoms with van der Waals surface area (Å²) < 4.78 is 5.16. The summed E-state index contributed by atoms with van der Waals surface area (Å²) >= 11 is 7.00. The van der Waals surface area contributed by atoms with Gasteiger partial charge in [-0.3, -0.25) is 0 Å². The molecule has 1 unspecified atom stereocenters. The predicted molar refractivity (Wildman–Crippen MR) is 95.0 cm³/mol. The molecule has 1 nitrogen and oxygen atoms in total. The fourth-order valence-corrected chi connectivity index (χ4v) is 38.6. The van der Waals surface area contributed by atoms with Crippen molar-refractivity contribution in [1.82, 2.24) is 0 Å². The number of hydrogen-bond acceptors (Lipinski definition) is 1. The van der Waals surface area contributed by atoms with E-state index >= 15 is 0 Å². The highest BCUT2D eigenvalue weighted by Crippen LogP contribution is 2.62. The zero-order chi connectivity index (χ0) is 14.3. The molecule has 6 heteroatoms. The van der Waals surface area contributed by atoms with Gasteiger partial charge in [-0.1, -0.05) is 70.2 Å². The molecule has 17 heavy (non-hydrogen) atoms. The normalized spacial score (nSPS) is 18.1. The molecule has 0 amide bonds. The zero-order valence-electron chi connectivity index (χ0n) is 13.3. The highest BCUT2D eigenvalue weighted by atomic mass is 35.7. The molecule has 0 aromatic rings. The van der Waals surface area contributed by atoms with Crippen LogP contribution in [0.2, 0.25) is 58.9 Å². The summed E-state index contributed by atoms with van der Waals surface area (Å²) in [5.74, 6) is 0. The topological polar surface area (TPSA) is 12.4 Å². The number of halogens is 1. The molecule has 0 fully saturated rings. The predicted octanol–water partition coefficient (Wildman–Crippen LogP) is 5.93. The van der Waals surface area contributed by atoms with E-state index in [9.17, 15) is 0 Å². The van der Waals surface area contributed by atoms with E-state index in [1.54, 1.807) is 0 Å². The van der Waals surface area contributed by atoms with Gasteiger partial charge in [-0.25, -0.2) is 0 Å². The molecule has 0 heterocycles. The summed E-state index contributed by atoms with van der Waals surface area (Å²) in [7, 11) is -3.93. The highest BCUT2D eigenvalue weighted by molar-refractivity contribution is 7.95. The molecule has 0 saturated carbocycles. The van der Waals surface area contributed by atoms with Crippen LogP contribution in [0.1, 0.15) is 0 Å². The van der Waals surface area contributed by atoms with E-state index in [4.69, 9.17) is 15.7 Å². The van der Waals surface area contributed by atoms with Crippen LogP contribution in [0.4, 0.5) is 0 Å². The molecule has 0 saturated heterocycles. The van der Waals surface area contributed by atoms with Crippen molar-refractivity contribution in [2.24, 2.45) is 4.41 Å². The molecule has 0 rings (SSSR count). The van der Waals surface area contributed by atoms with Crippen LogP contribution >= 0.6 is 17.6 Å². The Labute approximate surface area is 117 Å². The van der Waals surface area contributed by atoms with Gasteiger partial charge in [-0.05, 0) is 11.6 Å². The monoisotopic (exact) mass is 327 g/mol. The molecule has 1 atom stereocenters. The van der Waals surface area contributed by atoms with Gasteiger partial charge in [0.15, 0.2) is 8.24 Å². The number of nitrogens with zero attached hydrogens (tertiary/aromatic N) is 1. The molecule has 0 spiro atoms. The molecule has 0 aliphatic rings. The first-order valence-electron chi connectivity index (χ1n) is 6.38. The Morgan fingerprint density at radius 2 is 1.12 bits per heavy atom. The summed E-state index contributed by atoms with van der Waals surface area (Å²) in [6, 6.07) is 0. The van der Waals surface area contributed by atoms with Crippen LogP contribution in [0.3, 0.4) is 0 Å². The number of hydrogen-bond donors (Lipinski definition) is 0. The van der Waals surface area contributed by atoms with Gasteiger partial charge in [0.05, 0.1) is 16.1 Å². The van der Waals surface area contributed by atoms with Crippen molar-refractivity contribution in [2.75, 3.05) is 6.66 Å². The quantitative estimate of drug-likeness (QED) is 0.448. The maximum absolute atomic E-state index is 7.00. The molecule has 0 N–H and O–H groups in total. The second-order valence-electron chi connectivity index (χ2n) is 8.32. The van der Waals surface area contributed by atoms with Crippen LogP contribution in [0.25, 0.3) is 0 Å². The van der Waals surface area contributed by atoms with Crippen molar-refractivity contribution in [3.63, 3.8) is 0 Å². The van der Waals surface area contributed by atoms with Crippen molar-refractivity contribution >= 4 is 42.0 Å². The zero-order valence-corrected chi connectivity index (χ0v) is 18.0. The molecule has 0 aromatic heterocycles. The van der Waals surface area contributed by atoms with Crippen molar-refractivity contribution in [3.8, 4) is 0 Å². The van der Waals surface area contributed by atoms with Gasteiger partial charge in [0.1, 0.15) is 0 Å². The Bertz CT molecular complexity index is 303. The fourth-order valence-electron chi connectivity index (χ4n) is 3.36. The third-order valence-corrected chi connectivity index (χ3v) is 25.9. The van der Waals surface area contributed by atoms with Gasteiger partial charge in [0, 0.05) is 6.41 Å². The largest absolute Gasteiger partial charge is 0.324 e. The van der Waals surface area contributed by atoms with E-state index < -0.39 is 30.8 Å². The van der Waals surface area contributed by atoms with Crippen molar-refractivity contribution in [3.05, 3.63) is 0 Å². The highest BCUT2D eigenvalue weighted by Gasteiger charge is 2.45. The summed E-state index contributed by atoms with van der Waals surface area (Å²) in [4.78, 5) is 0.732. The van der Waals surface area contributed by atoms with E-state index in [-0.39, 0.29) is 0 Å². The number of rotatable bonds is 4. The van der Waals surface area contributed by atoms with Gasteiger partial charge < -0.3 is 4.41 Å². The SMILES string of the molecule is C[Si](C)(C)N=P(C)(Cl)C([Si](C)(C)C)[Si](C)(C)C. The van der Waals surface area contributed by atoms with Crippen molar-refractivity contribution in [2.45, 2.75) is 63.8 Å². The molecule has 0 aliphatic heterocycles. The van der Waals surface area contributed by atoms with Crippen LogP contribution in [-0.4, -0.2) is 36.0 Å². The van der Waals surface area contributed by atoms with E-state index in [0.29, 0.717) is 0 Å². The smallest absolute Gasteiger partial charge is 0.171 e. The van der Waals surface area contributed by atoms with Crippen LogP contribution < -0.4 is 0 Å². The third kappa shape index (κ3) is 6.24. The summed E-state index contributed by atoms with van der Waals surface area (Å²) in [6.45, 7) is 24.0. The molecule has 0 bridgehead atoms. The van der Waals surface area contributed by atoms with Gasteiger partial charge in [-0.15, -0.1) is 0 Å². The average Bonchev–Trinajstić information content (AvgIpc) is 1.66. The summed E-state index contributed by atoms with van der Waals surface area (Å²) in [6.07, 6.45) is -1.63. The lowest BCUT2D eigenvalue weighted by atomic mass is 11.7. The minimum absolute atomic E-state index is 0.732. The summed E-state index contributed by atoms with van der Waals surface area (Å²) in [5.41, 5.74) is 0. The van der Waals surface area contributed by atoms with Crippen LogP contribution in [-0.2, 0) is 0 Å². The molecule has 0 aromatic carbocycles. The second kappa shape index (κ2) is 5.28. The maximum atomic E-state index is 7.00. The lowest BCUT2D eigenvalue weighted by molar-refractivity contribution is 1.43. The minimum Gasteiger partial charge on any atom is -0.324 e. The first-order valence-corrected chi connectivity index (χ1v) is 20.1. The Kier molecular flexibility index (Phi) is 5.64. The molecule has 0 radical (unpaired) electrons. The van der Waals surface area contributed by atoms with Crippen molar-refractivity contribution < 1.29 is 0 Å². The Morgan fingerprint density at radius 3 is 1.29 bits per heavy atom. The lowest BCUT2D eigenvalue weighted by Gasteiger charge is -2.43. The summed E-state index contributed by atoms with van der Waals surface area (Å²) in [5, 5.41) is 0. The Hall–Kier alpha value is 1.17. The average molecular weight is 328 g/mol. The first kappa shape index (κ1) is 18.2. The second-order valence-corrected chi connectivity index (χ2v) is 30.0. The van der Waals surface area contributed by atoms with Crippen LogP contribution in [0, 0.1) is 0 Å². The van der Waals surface area contributed by atoms with E-state index in [1.165, 1.54) is 0 Å². The van der Waals surface area contributed by atoms with Crippen LogP contribution in [0.15, 0.2) is 4.41 Å². The molecular formula is C11H31ClNPSi3. The van der Waals surface area contributed by atoms with Gasteiger partial charge in [-0.2, -0.15) is 0 Å². The molecule has 104 valence electrons. The maximum Gasteiger partial charge on any atom is 0.171 e. The van der Waals surface area contributed by atoms with Gasteiger partial charge in [0.25, 0.3) is 0 Å². The minimum atomic E-state index is -1.63. The molecule has 0 aliphatic carbocycles.